The van der Waals surface area contributed by atoms with E-state index < -0.39 is 0 Å². The van der Waals surface area contributed by atoms with Gasteiger partial charge in [0.25, 0.3) is 0 Å². The number of aromatic nitrogens is 1. The van der Waals surface area contributed by atoms with Gasteiger partial charge in [-0.05, 0) is 24.6 Å². The van der Waals surface area contributed by atoms with E-state index in [2.05, 4.69) is 11.1 Å². The van der Waals surface area contributed by atoms with Crippen LogP contribution in [0.3, 0.4) is 0 Å². The molecule has 3 nitrogen and oxygen atoms in total. The number of nitrogens with zero attached hydrogens (tertiary/aromatic N) is 1. The van der Waals surface area contributed by atoms with Gasteiger partial charge in [0.15, 0.2) is 0 Å². The standard InChI is InChI=1S/C13H12N2O/c1-9-12(7-14)13(8-15-9)10-3-5-11(16-2)6-4-10/h3-6,8,15H,1-2H3. The largest absolute Gasteiger partial charge is 0.497 e. The molecule has 1 aromatic heterocycles. The van der Waals surface area contributed by atoms with Crippen molar-refractivity contribution in [2.24, 2.45) is 0 Å². The molecule has 0 amide bonds. The Morgan fingerprint density at radius 1 is 1.25 bits per heavy atom. The molecule has 0 radical (unpaired) electrons. The smallest absolute Gasteiger partial charge is 0.118 e. The number of aryl methyl sites for hydroxylation is 1. The second-order valence-electron chi connectivity index (χ2n) is 3.54. The lowest BCUT2D eigenvalue weighted by molar-refractivity contribution is 0.415. The molecule has 2 rings (SSSR count). The van der Waals surface area contributed by atoms with Crippen LogP contribution in [-0.4, -0.2) is 12.1 Å². The number of hydrogen-bond acceptors (Lipinski definition) is 2. The minimum atomic E-state index is 0.699. The van der Waals surface area contributed by atoms with Gasteiger partial charge < -0.3 is 9.72 Å². The Kier molecular flexibility index (Phi) is 2.65. The zero-order valence-electron chi connectivity index (χ0n) is 9.24. The molecule has 0 unspecified atom stereocenters. The van der Waals surface area contributed by atoms with E-state index in [4.69, 9.17) is 10.00 Å². The highest BCUT2D eigenvalue weighted by Gasteiger charge is 2.09. The summed E-state index contributed by atoms with van der Waals surface area (Å²) in [6, 6.07) is 9.88. The molecule has 0 aliphatic carbocycles. The lowest BCUT2D eigenvalue weighted by Crippen LogP contribution is -1.83. The predicted octanol–water partition coefficient (Wildman–Crippen LogP) is 2.87. The summed E-state index contributed by atoms with van der Waals surface area (Å²) < 4.78 is 5.09. The summed E-state index contributed by atoms with van der Waals surface area (Å²) >= 11 is 0. The van der Waals surface area contributed by atoms with Gasteiger partial charge in [0.05, 0.1) is 12.7 Å². The maximum atomic E-state index is 9.06. The van der Waals surface area contributed by atoms with E-state index in [0.29, 0.717) is 5.56 Å². The molecule has 0 bridgehead atoms. The van der Waals surface area contributed by atoms with Crippen LogP contribution in [0.5, 0.6) is 5.75 Å². The number of H-pyrrole nitrogens is 1. The van der Waals surface area contributed by atoms with Gasteiger partial charge in [-0.15, -0.1) is 0 Å². The van der Waals surface area contributed by atoms with E-state index in [9.17, 15) is 0 Å². The summed E-state index contributed by atoms with van der Waals surface area (Å²) in [5.74, 6) is 0.814. The van der Waals surface area contributed by atoms with Crippen molar-refractivity contribution in [2.45, 2.75) is 6.92 Å². The minimum Gasteiger partial charge on any atom is -0.497 e. The van der Waals surface area contributed by atoms with Crippen LogP contribution >= 0.6 is 0 Å². The topological polar surface area (TPSA) is 48.8 Å². The summed E-state index contributed by atoms with van der Waals surface area (Å²) in [5.41, 5.74) is 3.54. The van der Waals surface area contributed by atoms with Crippen molar-refractivity contribution in [1.82, 2.24) is 4.98 Å². The molecule has 1 aromatic carbocycles. The molecule has 2 aromatic rings. The molecule has 0 fully saturated rings. The van der Waals surface area contributed by atoms with Gasteiger partial charge >= 0.3 is 0 Å². The average Bonchev–Trinajstić information content (AvgIpc) is 2.70. The van der Waals surface area contributed by atoms with E-state index in [1.807, 2.05) is 37.4 Å². The molecular weight excluding hydrogens is 200 g/mol. The number of nitriles is 1. The number of rotatable bonds is 2. The first-order valence-electron chi connectivity index (χ1n) is 4.98. The quantitative estimate of drug-likeness (QED) is 0.832. The third-order valence-corrected chi connectivity index (χ3v) is 2.59. The summed E-state index contributed by atoms with van der Waals surface area (Å²) in [4.78, 5) is 3.06. The second-order valence-corrected chi connectivity index (χ2v) is 3.54. The van der Waals surface area contributed by atoms with Gasteiger partial charge in [-0.25, -0.2) is 0 Å². The first-order chi connectivity index (χ1) is 7.76. The first kappa shape index (κ1) is 10.3. The Balaban J connectivity index is 2.47. The van der Waals surface area contributed by atoms with E-state index in [1.165, 1.54) is 0 Å². The Morgan fingerprint density at radius 2 is 1.94 bits per heavy atom. The highest BCUT2D eigenvalue weighted by atomic mass is 16.5. The first-order valence-corrected chi connectivity index (χ1v) is 4.98. The number of hydrogen-bond donors (Lipinski definition) is 1. The van der Waals surface area contributed by atoms with Crippen molar-refractivity contribution < 1.29 is 4.74 Å². The van der Waals surface area contributed by atoms with Gasteiger partial charge in [0, 0.05) is 17.5 Å². The minimum absolute atomic E-state index is 0.699. The van der Waals surface area contributed by atoms with Crippen LogP contribution < -0.4 is 4.74 Å². The number of methoxy groups -OCH3 is 1. The number of benzene rings is 1. The Morgan fingerprint density at radius 3 is 2.50 bits per heavy atom. The van der Waals surface area contributed by atoms with Crippen LogP contribution in [0.4, 0.5) is 0 Å². The summed E-state index contributed by atoms with van der Waals surface area (Å²) in [6.07, 6.45) is 1.86. The maximum Gasteiger partial charge on any atom is 0.118 e. The van der Waals surface area contributed by atoms with Gasteiger partial charge in [0.2, 0.25) is 0 Å². The van der Waals surface area contributed by atoms with Crippen LogP contribution in [0.1, 0.15) is 11.3 Å². The maximum absolute atomic E-state index is 9.06. The van der Waals surface area contributed by atoms with Crippen molar-refractivity contribution in [3.63, 3.8) is 0 Å². The van der Waals surface area contributed by atoms with E-state index in [0.717, 1.165) is 22.6 Å². The molecular formula is C13H12N2O. The lowest BCUT2D eigenvalue weighted by Gasteiger charge is -2.02. The van der Waals surface area contributed by atoms with Crippen molar-refractivity contribution in [3.8, 4) is 22.9 Å². The monoisotopic (exact) mass is 212 g/mol. The van der Waals surface area contributed by atoms with Gasteiger partial charge in [-0.2, -0.15) is 5.26 Å². The molecule has 0 aliphatic heterocycles. The highest BCUT2D eigenvalue weighted by molar-refractivity contribution is 5.71. The molecule has 80 valence electrons. The van der Waals surface area contributed by atoms with Crippen LogP contribution in [0.25, 0.3) is 11.1 Å². The Hall–Kier alpha value is -2.21. The lowest BCUT2D eigenvalue weighted by atomic mass is 10.0. The van der Waals surface area contributed by atoms with Gasteiger partial charge in [0.1, 0.15) is 11.8 Å². The number of aromatic amines is 1. The zero-order chi connectivity index (χ0) is 11.5. The van der Waals surface area contributed by atoms with Crippen LogP contribution in [0.15, 0.2) is 30.5 Å². The average molecular weight is 212 g/mol. The molecule has 1 heterocycles. The molecule has 0 aliphatic rings. The van der Waals surface area contributed by atoms with Crippen molar-refractivity contribution in [2.75, 3.05) is 7.11 Å². The third-order valence-electron chi connectivity index (χ3n) is 2.59. The fourth-order valence-electron chi connectivity index (χ4n) is 1.67. The molecule has 0 saturated carbocycles. The molecule has 3 heteroatoms. The SMILES string of the molecule is COc1ccc(-c2c[nH]c(C)c2C#N)cc1. The number of nitrogens with one attached hydrogen (secondary N) is 1. The van der Waals surface area contributed by atoms with Gasteiger partial charge in [-0.1, -0.05) is 12.1 Å². The van der Waals surface area contributed by atoms with Crippen LogP contribution in [0.2, 0.25) is 0 Å². The molecule has 16 heavy (non-hydrogen) atoms. The third kappa shape index (κ3) is 1.66. The van der Waals surface area contributed by atoms with E-state index in [-0.39, 0.29) is 0 Å². The second kappa shape index (κ2) is 4.11. The summed E-state index contributed by atoms with van der Waals surface area (Å²) in [5, 5.41) is 9.06. The van der Waals surface area contributed by atoms with Gasteiger partial charge in [-0.3, -0.25) is 0 Å². The highest BCUT2D eigenvalue weighted by Crippen LogP contribution is 2.26. The van der Waals surface area contributed by atoms with Crippen LogP contribution in [0, 0.1) is 18.3 Å². The summed E-state index contributed by atoms with van der Waals surface area (Å²) in [7, 11) is 1.64. The number of ether oxygens (including phenoxy) is 1. The van der Waals surface area contributed by atoms with Crippen LogP contribution in [-0.2, 0) is 0 Å². The summed E-state index contributed by atoms with van der Waals surface area (Å²) in [6.45, 7) is 1.89. The Labute approximate surface area is 94.3 Å². The fourth-order valence-corrected chi connectivity index (χ4v) is 1.67. The van der Waals surface area contributed by atoms with Crippen molar-refractivity contribution in [3.05, 3.63) is 41.7 Å². The molecule has 0 saturated heterocycles. The predicted molar refractivity (Wildman–Crippen MR) is 62.2 cm³/mol. The molecule has 1 N–H and O–H groups in total. The molecule has 0 atom stereocenters. The Bertz CT molecular complexity index is 532. The van der Waals surface area contributed by atoms with Crippen molar-refractivity contribution in [1.29, 1.82) is 5.26 Å². The normalized spacial score (nSPS) is 9.81. The van der Waals surface area contributed by atoms with E-state index >= 15 is 0 Å². The van der Waals surface area contributed by atoms with E-state index in [1.54, 1.807) is 7.11 Å². The molecule has 0 spiro atoms. The van der Waals surface area contributed by atoms with Crippen molar-refractivity contribution >= 4 is 0 Å². The fraction of sp³-hybridized carbons (Fsp3) is 0.154. The zero-order valence-corrected chi connectivity index (χ0v) is 9.24.